The number of benzene rings is 9. The largest absolute Gasteiger partial charge is 0.456 e. The van der Waals surface area contributed by atoms with Crippen LogP contribution in [0, 0.1) is 0 Å². The normalized spacial score (nSPS) is 12.2. The fourth-order valence-electron chi connectivity index (χ4n) is 9.41. The van der Waals surface area contributed by atoms with Crippen molar-refractivity contribution in [3.8, 4) is 28.2 Å². The number of nitrogens with zero attached hydrogens (tertiary/aromatic N) is 2. The van der Waals surface area contributed by atoms with Gasteiger partial charge in [-0.15, -0.1) is 11.3 Å². The van der Waals surface area contributed by atoms with Crippen LogP contribution < -0.4 is 0 Å². The molecule has 0 amide bonds. The number of hydrogen-bond donors (Lipinski definition) is 0. The topological polar surface area (TPSA) is 31.0 Å². The van der Waals surface area contributed by atoms with Gasteiger partial charge in [-0.05, 0) is 86.9 Å². The minimum absolute atomic E-state index is 0.859. The zero-order chi connectivity index (χ0) is 37.2. The van der Waals surface area contributed by atoms with E-state index in [0.29, 0.717) is 0 Å². The Hall–Kier alpha value is -7.27. The Morgan fingerprint density at radius 1 is 0.386 bits per heavy atom. The van der Waals surface area contributed by atoms with Gasteiger partial charge in [0.2, 0.25) is 0 Å². The molecular weight excluding hydrogens is 713 g/mol. The Kier molecular flexibility index (Phi) is 6.32. The van der Waals surface area contributed by atoms with Crippen LogP contribution in [0.4, 0.5) is 0 Å². The molecule has 0 aliphatic carbocycles. The first kappa shape index (κ1) is 31.0. The van der Waals surface area contributed by atoms with Crippen molar-refractivity contribution in [3.63, 3.8) is 0 Å². The third-order valence-corrected chi connectivity index (χ3v) is 13.2. The number of thiophene rings is 1. The quantitative estimate of drug-likeness (QED) is 0.169. The highest BCUT2D eigenvalue weighted by Crippen LogP contribution is 2.45. The van der Waals surface area contributed by atoms with Crippen molar-refractivity contribution >= 4 is 108 Å². The molecule has 0 radical (unpaired) electrons. The smallest absolute Gasteiger partial charge is 0.136 e. The fraction of sp³-hybridized carbons (Fsp3) is 0. The van der Waals surface area contributed by atoms with Crippen LogP contribution in [0.3, 0.4) is 0 Å². The van der Waals surface area contributed by atoms with Crippen LogP contribution in [0.25, 0.3) is 124 Å². The van der Waals surface area contributed by atoms with Crippen molar-refractivity contribution in [2.24, 2.45) is 0 Å². The summed E-state index contributed by atoms with van der Waals surface area (Å²) in [6, 6.07) is 65.9. The number of fused-ring (bicyclic) bond motifs is 15. The number of pyridine rings is 1. The maximum atomic E-state index is 6.39. The van der Waals surface area contributed by atoms with E-state index >= 15 is 0 Å². The van der Waals surface area contributed by atoms with Crippen molar-refractivity contribution in [1.82, 2.24) is 9.55 Å². The van der Waals surface area contributed by atoms with E-state index in [1.807, 2.05) is 23.5 Å². The standard InChI is InChI=1S/C53H30N2OS/c1-3-14-35-33(12-1)34-13-2-4-15-36(34)44-30-52-45(29-43(35)44)41-19-11-20-42(53(41)57-52)47-28-32(55-48-21-8-5-16-37(48)38-17-6-9-22-49(38)55)27-46(54-47)31-24-25-40-39-18-7-10-23-50(39)56-51(40)26-31/h1-30H. The highest BCUT2D eigenvalue weighted by molar-refractivity contribution is 7.26. The fourth-order valence-corrected chi connectivity index (χ4v) is 10.7. The zero-order valence-electron chi connectivity index (χ0n) is 30.5. The molecule has 4 aromatic heterocycles. The van der Waals surface area contributed by atoms with E-state index in [0.717, 1.165) is 50.1 Å². The van der Waals surface area contributed by atoms with Crippen LogP contribution in [0.2, 0.25) is 0 Å². The van der Waals surface area contributed by atoms with E-state index in [1.54, 1.807) is 0 Å². The van der Waals surface area contributed by atoms with Gasteiger partial charge in [-0.3, -0.25) is 0 Å². The highest BCUT2D eigenvalue weighted by Gasteiger charge is 2.19. The summed E-state index contributed by atoms with van der Waals surface area (Å²) in [5.41, 5.74) is 9.13. The molecule has 0 N–H and O–H groups in total. The van der Waals surface area contributed by atoms with Crippen LogP contribution in [0.5, 0.6) is 0 Å². The number of para-hydroxylation sites is 3. The van der Waals surface area contributed by atoms with Crippen molar-refractivity contribution in [2.75, 3.05) is 0 Å². The molecule has 0 aliphatic rings. The van der Waals surface area contributed by atoms with Crippen molar-refractivity contribution < 1.29 is 4.42 Å². The van der Waals surface area contributed by atoms with Gasteiger partial charge in [0.15, 0.2) is 0 Å². The summed E-state index contributed by atoms with van der Waals surface area (Å²) in [6.07, 6.45) is 0. The van der Waals surface area contributed by atoms with E-state index in [-0.39, 0.29) is 0 Å². The first-order valence-corrected chi connectivity index (χ1v) is 20.2. The second-order valence-corrected chi connectivity index (χ2v) is 16.1. The molecule has 0 fully saturated rings. The third-order valence-electron chi connectivity index (χ3n) is 12.0. The van der Waals surface area contributed by atoms with Gasteiger partial charge in [-0.2, -0.15) is 0 Å². The molecule has 264 valence electrons. The summed E-state index contributed by atoms with van der Waals surface area (Å²) in [5.74, 6) is 0. The Labute approximate surface area is 330 Å². The van der Waals surface area contributed by atoms with E-state index in [4.69, 9.17) is 9.40 Å². The Morgan fingerprint density at radius 2 is 0.947 bits per heavy atom. The van der Waals surface area contributed by atoms with E-state index < -0.39 is 0 Å². The van der Waals surface area contributed by atoms with Crippen molar-refractivity contribution in [2.45, 2.75) is 0 Å². The first-order chi connectivity index (χ1) is 28.2. The van der Waals surface area contributed by atoms with E-state index in [2.05, 4.69) is 174 Å². The van der Waals surface area contributed by atoms with Crippen LogP contribution in [0.1, 0.15) is 0 Å². The summed E-state index contributed by atoms with van der Waals surface area (Å²) in [7, 11) is 0. The molecule has 0 saturated carbocycles. The molecule has 4 heteroatoms. The first-order valence-electron chi connectivity index (χ1n) is 19.4. The number of aromatic nitrogens is 2. The molecule has 0 spiro atoms. The van der Waals surface area contributed by atoms with Crippen molar-refractivity contribution in [1.29, 1.82) is 0 Å². The maximum Gasteiger partial charge on any atom is 0.136 e. The highest BCUT2D eigenvalue weighted by atomic mass is 32.1. The number of rotatable bonds is 3. The average molecular weight is 743 g/mol. The second-order valence-electron chi connectivity index (χ2n) is 15.0. The van der Waals surface area contributed by atoms with Gasteiger partial charge in [0.1, 0.15) is 11.2 Å². The van der Waals surface area contributed by atoms with Gasteiger partial charge in [-0.25, -0.2) is 4.98 Å². The Balaban J connectivity index is 1.09. The van der Waals surface area contributed by atoms with Gasteiger partial charge in [0, 0.05) is 52.8 Å². The summed E-state index contributed by atoms with van der Waals surface area (Å²) in [4.78, 5) is 5.51. The summed E-state index contributed by atoms with van der Waals surface area (Å²) >= 11 is 1.86. The molecule has 13 rings (SSSR count). The Bertz CT molecular complexity index is 3770. The molecule has 13 aromatic rings. The van der Waals surface area contributed by atoms with Gasteiger partial charge >= 0.3 is 0 Å². The summed E-state index contributed by atoms with van der Waals surface area (Å²) in [5, 5.41) is 15.0. The van der Waals surface area contributed by atoms with Gasteiger partial charge in [0.25, 0.3) is 0 Å². The van der Waals surface area contributed by atoms with Crippen LogP contribution in [-0.2, 0) is 0 Å². The van der Waals surface area contributed by atoms with Gasteiger partial charge in [-0.1, -0.05) is 127 Å². The molecule has 3 nitrogen and oxygen atoms in total. The lowest BCUT2D eigenvalue weighted by Crippen LogP contribution is -1.98. The lowest BCUT2D eigenvalue weighted by Gasteiger charge is -2.14. The SMILES string of the molecule is c1ccc2c(c1)oc1cc(-c3cc(-n4c5ccccc5c5ccccc54)cc(-c4cccc5c4sc4cc6c7ccccc7c7ccccc7c6cc45)n3)ccc12. The molecule has 9 aromatic carbocycles. The second kappa shape index (κ2) is 11.6. The molecule has 0 unspecified atom stereocenters. The summed E-state index contributed by atoms with van der Waals surface area (Å²) in [6.45, 7) is 0. The molecular formula is C53H30N2OS. The minimum atomic E-state index is 0.859. The van der Waals surface area contributed by atoms with Gasteiger partial charge in [0.05, 0.1) is 28.1 Å². The molecule has 0 saturated heterocycles. The lowest BCUT2D eigenvalue weighted by molar-refractivity contribution is 0.669. The van der Waals surface area contributed by atoms with Gasteiger partial charge < -0.3 is 8.98 Å². The predicted octanol–water partition coefficient (Wildman–Crippen LogP) is 15.2. The van der Waals surface area contributed by atoms with E-state index in [9.17, 15) is 0 Å². The minimum Gasteiger partial charge on any atom is -0.456 e. The van der Waals surface area contributed by atoms with Crippen LogP contribution in [-0.4, -0.2) is 9.55 Å². The van der Waals surface area contributed by atoms with Crippen LogP contribution in [0.15, 0.2) is 186 Å². The van der Waals surface area contributed by atoms with Crippen molar-refractivity contribution in [3.05, 3.63) is 182 Å². The summed E-state index contributed by atoms with van der Waals surface area (Å²) < 4.78 is 11.3. The lowest BCUT2D eigenvalue weighted by atomic mass is 9.93. The average Bonchev–Trinajstić information content (AvgIpc) is 3.95. The molecule has 0 bridgehead atoms. The molecule has 0 aliphatic heterocycles. The van der Waals surface area contributed by atoms with E-state index in [1.165, 1.54) is 74.3 Å². The third kappa shape index (κ3) is 4.44. The molecule has 4 heterocycles. The number of hydrogen-bond acceptors (Lipinski definition) is 3. The molecule has 0 atom stereocenters. The molecule has 57 heavy (non-hydrogen) atoms. The monoisotopic (exact) mass is 742 g/mol. The van der Waals surface area contributed by atoms with Crippen LogP contribution >= 0.6 is 11.3 Å². The predicted molar refractivity (Wildman–Crippen MR) is 242 cm³/mol. The Morgan fingerprint density at radius 3 is 1.67 bits per heavy atom. The maximum absolute atomic E-state index is 6.39. The number of furan rings is 1. The zero-order valence-corrected chi connectivity index (χ0v) is 31.3.